The summed E-state index contributed by atoms with van der Waals surface area (Å²) in [7, 11) is 9.73. The molecular weight excluding hydrogens is 532 g/mol. The number of nitrogens with zero attached hydrogens (tertiary/aromatic N) is 2. The van der Waals surface area contributed by atoms with Crippen LogP contribution in [0, 0.1) is 33.1 Å². The van der Waals surface area contributed by atoms with Crippen LogP contribution in [0.25, 0.3) is 0 Å². The summed E-state index contributed by atoms with van der Waals surface area (Å²) in [5.74, 6) is 0.0766. The Morgan fingerprint density at radius 3 is 1.53 bits per heavy atom. The Balaban J connectivity index is -0.0000000748. The third-order valence-electron chi connectivity index (χ3n) is 3.07. The quantitative estimate of drug-likeness (QED) is 0.245. The first-order valence-electron chi connectivity index (χ1n) is 8.55. The Hall–Kier alpha value is 0.358. The van der Waals surface area contributed by atoms with Crippen LogP contribution in [-0.2, 0) is 84.6 Å². The molecule has 0 atom stereocenters. The Kier molecular flexibility index (Phi) is 43.2. The van der Waals surface area contributed by atoms with Crippen LogP contribution in [0.4, 0.5) is 0 Å². The molecule has 0 fully saturated rings. The van der Waals surface area contributed by atoms with Gasteiger partial charge in [0.2, 0.25) is 0 Å². The second kappa shape index (κ2) is 29.4. The van der Waals surface area contributed by atoms with Gasteiger partial charge in [-0.05, 0) is 0 Å². The van der Waals surface area contributed by atoms with Crippen molar-refractivity contribution in [1.82, 2.24) is 0 Å². The number of hydrogen-bond acceptors (Lipinski definition) is 6. The number of carbonyl (C=O) groups excluding carboxylic acids is 4. The maximum absolute atomic E-state index is 11.2. The molecule has 0 amide bonds. The van der Waals surface area contributed by atoms with Gasteiger partial charge in [-0.15, -0.1) is 12.8 Å². The van der Waals surface area contributed by atoms with E-state index in [2.05, 4.69) is 37.5 Å². The summed E-state index contributed by atoms with van der Waals surface area (Å²) in [5.41, 5.74) is 0.179. The molecule has 0 saturated heterocycles. The molecule has 6 nitrogen and oxygen atoms in total. The molecule has 0 saturated carbocycles. The molecule has 0 aromatic carbocycles. The number of carbonyl (C=O) groups is 3. The van der Waals surface area contributed by atoms with E-state index in [0.717, 1.165) is 12.3 Å². The smallest absolute Gasteiger partial charge is 0.259 e. The van der Waals surface area contributed by atoms with E-state index in [-0.39, 0.29) is 127 Å². The fourth-order valence-corrected chi connectivity index (χ4v) is 1.06. The predicted octanol–water partition coefficient (Wildman–Crippen LogP) is 2.83. The molecule has 0 unspecified atom stereocenters. The Labute approximate surface area is 236 Å². The molecule has 0 N–H and O–H groups in total. The first-order valence-corrected chi connectivity index (χ1v) is 8.55. The van der Waals surface area contributed by atoms with Gasteiger partial charge in [-0.2, -0.15) is 6.42 Å². The first kappa shape index (κ1) is 44.1. The van der Waals surface area contributed by atoms with Crippen LogP contribution in [0.5, 0.6) is 0 Å². The predicted molar refractivity (Wildman–Crippen MR) is 118 cm³/mol. The number of rotatable bonds is 9. The van der Waals surface area contributed by atoms with Crippen molar-refractivity contribution in [2.75, 3.05) is 0 Å². The summed E-state index contributed by atoms with van der Waals surface area (Å²) < 4.78 is 0. The summed E-state index contributed by atoms with van der Waals surface area (Å²) in [6, 6.07) is 0. The fraction of sp³-hybridized carbons (Fsp3) is 0.550. The van der Waals surface area contributed by atoms with Crippen LogP contribution in [-0.4, -0.2) is 51.0 Å². The van der Waals surface area contributed by atoms with E-state index >= 15 is 0 Å². The van der Waals surface area contributed by atoms with E-state index < -0.39 is 0 Å². The molecule has 0 rings (SSSR count). The minimum Gasteiger partial charge on any atom is -0.541 e. The van der Waals surface area contributed by atoms with Crippen molar-refractivity contribution in [2.45, 2.75) is 60.3 Å². The SMILES string of the molecule is [B]N=C(CC(=O)C(C)C)C(=O)C[CH2-].[B]N=C(C[C-]=O)C(C)=O.[CH2-]CC(C)C.[CH3-].[Y].[Y]. The van der Waals surface area contributed by atoms with Crippen molar-refractivity contribution in [3.05, 3.63) is 21.3 Å². The molecular formula is C20H32B2N2O4Y2-4. The van der Waals surface area contributed by atoms with Crippen LogP contribution in [0.1, 0.15) is 60.3 Å². The molecule has 0 aromatic heterocycles. The molecule has 30 heavy (non-hydrogen) atoms. The van der Waals surface area contributed by atoms with Gasteiger partial charge in [-0.3, -0.25) is 20.7 Å². The Bertz CT molecular complexity index is 539. The molecule has 0 bridgehead atoms. The minimum atomic E-state index is -0.291. The third kappa shape index (κ3) is 28.4. The molecule has 10 heteroatoms. The molecule has 6 radical (unpaired) electrons. The van der Waals surface area contributed by atoms with E-state index in [0.29, 0.717) is 0 Å². The first-order chi connectivity index (χ1) is 12.5. The molecule has 0 aromatic rings. The summed E-state index contributed by atoms with van der Waals surface area (Å²) >= 11 is 0. The summed E-state index contributed by atoms with van der Waals surface area (Å²) in [5, 5.41) is 0. The molecule has 0 aliphatic heterocycles. The van der Waals surface area contributed by atoms with Gasteiger partial charge >= 0.3 is 0 Å². The van der Waals surface area contributed by atoms with Gasteiger partial charge in [0.15, 0.2) is 5.78 Å². The van der Waals surface area contributed by atoms with Gasteiger partial charge in [-0.1, -0.05) is 33.6 Å². The zero-order chi connectivity index (χ0) is 22.0. The average molecular weight is 564 g/mol. The number of Topliss-reactive ketones (excluding diaryl/α,β-unsaturated/α-hetero) is 3. The summed E-state index contributed by atoms with van der Waals surface area (Å²) in [4.78, 5) is 48.7. The van der Waals surface area contributed by atoms with E-state index in [1.54, 1.807) is 13.8 Å². The van der Waals surface area contributed by atoms with E-state index in [1.807, 2.05) is 0 Å². The second-order valence-electron chi connectivity index (χ2n) is 6.18. The van der Waals surface area contributed by atoms with E-state index in [1.165, 1.54) is 13.2 Å². The van der Waals surface area contributed by atoms with Gasteiger partial charge in [0, 0.05) is 84.0 Å². The van der Waals surface area contributed by atoms with Crippen molar-refractivity contribution >= 4 is 51.0 Å². The average Bonchev–Trinajstić information content (AvgIpc) is 2.63. The number of hydrogen-bond donors (Lipinski definition) is 0. The summed E-state index contributed by atoms with van der Waals surface area (Å²) in [6.07, 6.45) is 2.56. The van der Waals surface area contributed by atoms with Crippen LogP contribution in [0.3, 0.4) is 0 Å². The van der Waals surface area contributed by atoms with Crippen molar-refractivity contribution < 1.29 is 84.6 Å². The standard InChI is InChI=1S/C9H13BNO2.C5H5BNO2.C5H11.CH3.2Y/c1-4-8(12)7(11-10)5-9(13)6(2)3;1-4(9)5(7-6)2-3-8;1-4-5(2)3;;;/h6H,1,4-5H2,2-3H3;2H2,1H3;5H,1,4H2,2-3H3;1H3;;/q4*-1;;. The van der Waals surface area contributed by atoms with Gasteiger partial charge < -0.3 is 35.9 Å². The van der Waals surface area contributed by atoms with Gasteiger partial charge in [0.1, 0.15) is 11.6 Å². The second-order valence-corrected chi connectivity index (χ2v) is 6.18. The molecule has 0 aliphatic carbocycles. The third-order valence-corrected chi connectivity index (χ3v) is 3.07. The van der Waals surface area contributed by atoms with E-state index in [9.17, 15) is 19.2 Å². The van der Waals surface area contributed by atoms with Crippen LogP contribution in [0.2, 0.25) is 0 Å². The van der Waals surface area contributed by atoms with Crippen molar-refractivity contribution in [3.8, 4) is 0 Å². The fourth-order valence-electron chi connectivity index (χ4n) is 1.06. The number of ketones is 3. The van der Waals surface area contributed by atoms with Crippen LogP contribution in [0.15, 0.2) is 9.81 Å². The van der Waals surface area contributed by atoms with Crippen LogP contribution < -0.4 is 0 Å². The monoisotopic (exact) mass is 564 g/mol. The maximum Gasteiger partial charge on any atom is 0.259 e. The molecule has 162 valence electrons. The Morgan fingerprint density at radius 2 is 1.37 bits per heavy atom. The van der Waals surface area contributed by atoms with Crippen molar-refractivity contribution in [2.24, 2.45) is 21.6 Å². The Morgan fingerprint density at radius 1 is 0.967 bits per heavy atom. The van der Waals surface area contributed by atoms with Gasteiger partial charge in [-0.25, -0.2) is 0 Å². The van der Waals surface area contributed by atoms with E-state index in [4.69, 9.17) is 16.0 Å². The van der Waals surface area contributed by atoms with Crippen molar-refractivity contribution in [3.63, 3.8) is 0 Å². The topological polar surface area (TPSA) is 93.0 Å². The zero-order valence-corrected chi connectivity index (χ0v) is 24.9. The van der Waals surface area contributed by atoms with Gasteiger partial charge in [0.25, 0.3) is 16.0 Å². The maximum atomic E-state index is 11.2. The zero-order valence-electron chi connectivity index (χ0n) is 19.2. The molecule has 0 aliphatic rings. The normalized spacial score (nSPS) is 10.0. The molecule has 0 spiro atoms. The van der Waals surface area contributed by atoms with Gasteiger partial charge in [0.05, 0.1) is 12.1 Å². The summed E-state index contributed by atoms with van der Waals surface area (Å²) in [6.45, 7) is 16.2. The minimum absolute atomic E-state index is 0. The van der Waals surface area contributed by atoms with Crippen LogP contribution >= 0.6 is 0 Å². The molecule has 0 heterocycles. The largest absolute Gasteiger partial charge is 0.541 e. The van der Waals surface area contributed by atoms with Crippen molar-refractivity contribution in [1.29, 1.82) is 0 Å².